The zero-order valence-corrected chi connectivity index (χ0v) is 73.5. The molecule has 0 aliphatic rings. The molecule has 0 aliphatic heterocycles. The van der Waals surface area contributed by atoms with Gasteiger partial charge in [0.2, 0.25) is 0 Å². The van der Waals surface area contributed by atoms with E-state index < -0.39 is 11.5 Å². The lowest BCUT2D eigenvalue weighted by atomic mass is 9.85. The molecule has 2 aromatic carbocycles. The van der Waals surface area contributed by atoms with Crippen LogP contribution in [0.4, 0.5) is 0 Å². The van der Waals surface area contributed by atoms with Crippen LogP contribution in [0.15, 0.2) is 60.7 Å². The summed E-state index contributed by atoms with van der Waals surface area (Å²) < 4.78 is 145. The number of hydrogen-bond acceptors (Lipinski definition) is 30. The van der Waals surface area contributed by atoms with Crippen LogP contribution in [0.5, 0.6) is 0 Å². The Morgan fingerprint density at radius 3 is 0.700 bits per heavy atom. The third-order valence-electron chi connectivity index (χ3n) is 18.0. The van der Waals surface area contributed by atoms with Gasteiger partial charge in [0.05, 0.1) is 324 Å². The number of esters is 2. The number of carbonyl (C=O) groups is 3. The lowest BCUT2D eigenvalue weighted by molar-refractivity contribution is -0.154. The van der Waals surface area contributed by atoms with Crippen LogP contribution in [-0.2, 0) is 151 Å². The maximum absolute atomic E-state index is 14.3. The van der Waals surface area contributed by atoms with E-state index in [1.165, 1.54) is 44.9 Å². The summed E-state index contributed by atoms with van der Waals surface area (Å²) in [6.45, 7) is 25.3. The Morgan fingerprint density at radius 1 is 0.250 bits per heavy atom. The van der Waals surface area contributed by atoms with Crippen LogP contribution < -0.4 is 5.32 Å². The fourth-order valence-electron chi connectivity index (χ4n) is 11.4. The Labute approximate surface area is 718 Å². The quantitative estimate of drug-likeness (QED) is 0.0459. The van der Waals surface area contributed by atoms with Crippen molar-refractivity contribution < 1.29 is 143 Å². The highest BCUT2D eigenvalue weighted by molar-refractivity contribution is 5.81. The predicted octanol–water partition coefficient (Wildman–Crippen LogP) is 10.5. The molecule has 1 atom stereocenters. The van der Waals surface area contributed by atoms with Crippen LogP contribution in [0.3, 0.4) is 0 Å². The first-order valence-corrected chi connectivity index (χ1v) is 44.7. The van der Waals surface area contributed by atoms with E-state index in [-0.39, 0.29) is 31.6 Å². The summed E-state index contributed by atoms with van der Waals surface area (Å²) >= 11 is 0. The lowest BCUT2D eigenvalue weighted by Gasteiger charge is -2.33. The molecule has 0 radical (unpaired) electrons. The highest BCUT2D eigenvalue weighted by Crippen LogP contribution is 2.27. The van der Waals surface area contributed by atoms with Crippen LogP contribution in [0.1, 0.15) is 153 Å². The van der Waals surface area contributed by atoms with Crippen molar-refractivity contribution in [2.45, 2.75) is 161 Å². The number of ether oxygens (including phenoxy) is 26. The van der Waals surface area contributed by atoms with Gasteiger partial charge in [0.25, 0.3) is 0 Å². The predicted molar refractivity (Wildman–Crippen MR) is 453 cm³/mol. The van der Waals surface area contributed by atoms with Gasteiger partial charge in [0, 0.05) is 13.0 Å². The van der Waals surface area contributed by atoms with Crippen LogP contribution in [0, 0.1) is 0 Å². The van der Waals surface area contributed by atoms with Crippen LogP contribution >= 0.6 is 0 Å². The number of rotatable bonds is 102. The fourth-order valence-corrected chi connectivity index (χ4v) is 11.4. The average Bonchev–Trinajstić information content (AvgIpc) is 0.832. The minimum absolute atomic E-state index is 0.0124. The molecule has 0 saturated carbocycles. The number of benzene rings is 2. The number of unbranched alkanes of at least 4 members (excludes halogenated alkanes) is 15. The summed E-state index contributed by atoms with van der Waals surface area (Å²) in [7, 11) is 0. The number of carboxylic acid groups (broad SMARTS) is 1. The van der Waals surface area contributed by atoms with Gasteiger partial charge in [-0.05, 0) is 30.4 Å². The minimum atomic E-state index is -0.881. The van der Waals surface area contributed by atoms with Gasteiger partial charge in [-0.3, -0.25) is 19.7 Å². The third kappa shape index (κ3) is 82.2. The molecule has 2 aromatic rings. The first-order chi connectivity index (χ1) is 59.4. The Hall–Kier alpha value is -4.15. The molecular weight excluding hydrogens is 1560 g/mol. The normalized spacial score (nSPS) is 12.1. The standard InChI is InChI=1S/C89H159NO30/c1-2-3-4-5-6-8-11-14-23-31-89(88(94)120-83-85-27-20-17-21-28-85,32-24-15-12-9-7-10-13-22-29-87(93)119-82-84-25-18-16-19-26-84)90-33-35-96-37-39-98-41-43-100-45-47-102-49-51-104-53-55-106-57-59-108-61-63-110-65-67-112-69-71-114-73-75-116-77-79-118-81-80-117-78-76-115-74-72-113-70-68-111-66-64-109-62-60-107-58-56-105-54-52-103-50-48-101-46-44-99-42-40-97-38-36-95-34-30-86(91)92/h16-21,25-28,90H,2-15,22-24,29-83H2,1H3,(H,91,92). The van der Waals surface area contributed by atoms with Gasteiger partial charge in [-0.25, -0.2) is 0 Å². The molecule has 31 heteroatoms. The molecule has 0 heterocycles. The number of hydrogen-bond donors (Lipinski definition) is 2. The van der Waals surface area contributed by atoms with E-state index in [1.807, 2.05) is 60.7 Å². The van der Waals surface area contributed by atoms with E-state index in [1.54, 1.807) is 0 Å². The zero-order chi connectivity index (χ0) is 85.5. The van der Waals surface area contributed by atoms with E-state index >= 15 is 0 Å². The van der Waals surface area contributed by atoms with Crippen LogP contribution in [0.2, 0.25) is 0 Å². The summed E-state index contributed by atoms with van der Waals surface area (Å²) in [5.41, 5.74) is 1.19. The largest absolute Gasteiger partial charge is 0.481 e. The van der Waals surface area contributed by atoms with Crippen molar-refractivity contribution in [2.24, 2.45) is 0 Å². The van der Waals surface area contributed by atoms with E-state index in [2.05, 4.69) is 12.2 Å². The summed E-state index contributed by atoms with van der Waals surface area (Å²) in [5, 5.41) is 12.2. The van der Waals surface area contributed by atoms with Crippen molar-refractivity contribution in [1.82, 2.24) is 5.32 Å². The topological polar surface area (TPSA) is 323 Å². The molecular formula is C89H159NO30. The summed E-state index contributed by atoms with van der Waals surface area (Å²) in [6.07, 6.45) is 21.1. The maximum Gasteiger partial charge on any atom is 0.326 e. The van der Waals surface area contributed by atoms with Crippen molar-refractivity contribution in [3.8, 4) is 0 Å². The van der Waals surface area contributed by atoms with Gasteiger partial charge in [0.1, 0.15) is 18.8 Å². The van der Waals surface area contributed by atoms with E-state index in [9.17, 15) is 14.4 Å². The van der Waals surface area contributed by atoms with Crippen molar-refractivity contribution in [2.75, 3.05) is 324 Å². The first kappa shape index (κ1) is 112. The molecule has 0 aliphatic carbocycles. The minimum Gasteiger partial charge on any atom is -0.481 e. The van der Waals surface area contributed by atoms with Crippen LogP contribution in [-0.4, -0.2) is 352 Å². The van der Waals surface area contributed by atoms with Crippen molar-refractivity contribution in [1.29, 1.82) is 0 Å². The molecule has 0 saturated heterocycles. The maximum atomic E-state index is 14.3. The molecule has 120 heavy (non-hydrogen) atoms. The van der Waals surface area contributed by atoms with Crippen LogP contribution in [0.25, 0.3) is 0 Å². The second kappa shape index (κ2) is 94.0. The van der Waals surface area contributed by atoms with E-state index in [0.717, 1.165) is 81.8 Å². The Bertz CT molecular complexity index is 2390. The van der Waals surface area contributed by atoms with Crippen molar-refractivity contribution in [3.05, 3.63) is 71.8 Å². The molecule has 0 amide bonds. The summed E-state index contributed by atoms with van der Waals surface area (Å²) in [6, 6.07) is 19.7. The molecule has 0 aromatic heterocycles. The Morgan fingerprint density at radius 2 is 0.458 bits per heavy atom. The van der Waals surface area contributed by atoms with Gasteiger partial charge in [-0.15, -0.1) is 0 Å². The Balaban J connectivity index is 1.27. The monoisotopic (exact) mass is 1720 g/mol. The Kier molecular flexibility index (Phi) is 87.7. The number of carbonyl (C=O) groups excluding carboxylic acids is 2. The SMILES string of the molecule is CCCCCCCCCCCC(CCCCCCCCCCC(=O)OCc1ccccc1)(NCCOCCOCCOCCOCCOCCOCCOCCOCCOCCOCCOCCOCCOCCOCCOCCOCCOCCOCCOCCOCCOCCOCCOCCOCCC(=O)O)C(=O)OCc1ccccc1. The lowest BCUT2D eigenvalue weighted by Crippen LogP contribution is -2.54. The molecule has 0 bridgehead atoms. The number of carboxylic acids is 1. The third-order valence-corrected chi connectivity index (χ3v) is 18.0. The van der Waals surface area contributed by atoms with E-state index in [4.69, 9.17) is 128 Å². The molecule has 0 spiro atoms. The van der Waals surface area contributed by atoms with Gasteiger partial charge in [0.15, 0.2) is 0 Å². The highest BCUT2D eigenvalue weighted by atomic mass is 16.6. The smallest absolute Gasteiger partial charge is 0.326 e. The second-order valence-electron chi connectivity index (χ2n) is 28.0. The molecule has 2 N–H and O–H groups in total. The molecule has 31 nitrogen and oxygen atoms in total. The van der Waals surface area contributed by atoms with E-state index in [0.29, 0.717) is 337 Å². The number of nitrogens with one attached hydrogen (secondary N) is 1. The zero-order valence-electron chi connectivity index (χ0n) is 73.5. The molecule has 0 fully saturated rings. The summed E-state index contributed by atoms with van der Waals surface area (Å²) in [4.78, 5) is 36.9. The fraction of sp³-hybridized carbons (Fsp3) is 0.831. The summed E-state index contributed by atoms with van der Waals surface area (Å²) in [5.74, 6) is -1.19. The highest BCUT2D eigenvalue weighted by Gasteiger charge is 2.38. The van der Waals surface area contributed by atoms with Crippen molar-refractivity contribution in [3.63, 3.8) is 0 Å². The van der Waals surface area contributed by atoms with Crippen molar-refractivity contribution >= 4 is 17.9 Å². The molecule has 700 valence electrons. The van der Waals surface area contributed by atoms with Gasteiger partial charge in [-0.1, -0.05) is 170 Å². The van der Waals surface area contributed by atoms with Gasteiger partial charge in [-0.2, -0.15) is 0 Å². The second-order valence-corrected chi connectivity index (χ2v) is 28.0. The van der Waals surface area contributed by atoms with Gasteiger partial charge < -0.3 is 128 Å². The first-order valence-electron chi connectivity index (χ1n) is 44.7. The molecule has 2 rings (SSSR count). The number of aliphatic carboxylic acids is 1. The molecule has 1 unspecified atom stereocenters. The average molecular weight is 1720 g/mol. The van der Waals surface area contributed by atoms with Gasteiger partial charge >= 0.3 is 17.9 Å².